The minimum absolute atomic E-state index is 0.137. The van der Waals surface area contributed by atoms with Crippen LogP contribution in [0.2, 0.25) is 0 Å². The van der Waals surface area contributed by atoms with Crippen LogP contribution in [0.3, 0.4) is 0 Å². The molecule has 3 atom stereocenters. The van der Waals surface area contributed by atoms with Gasteiger partial charge in [-0.2, -0.15) is 0 Å². The zero-order chi connectivity index (χ0) is 14.1. The maximum absolute atomic E-state index is 9.54. The SMILES string of the molecule is CCC1(C)C(C)C(N)CC2(CCCCC2)N1CCO. The van der Waals surface area contributed by atoms with E-state index in [0.717, 1.165) is 19.4 Å². The van der Waals surface area contributed by atoms with Crippen molar-refractivity contribution < 1.29 is 5.11 Å². The van der Waals surface area contributed by atoms with Crippen molar-refractivity contribution in [3.05, 3.63) is 0 Å². The van der Waals surface area contributed by atoms with Crippen LogP contribution in [-0.4, -0.2) is 40.3 Å². The van der Waals surface area contributed by atoms with Gasteiger partial charge >= 0.3 is 0 Å². The average Bonchev–Trinajstić information content (AvgIpc) is 2.42. The molecule has 1 aliphatic carbocycles. The molecule has 1 saturated heterocycles. The number of likely N-dealkylation sites (tertiary alicyclic amines) is 1. The monoisotopic (exact) mass is 268 g/mol. The molecule has 112 valence electrons. The smallest absolute Gasteiger partial charge is 0.0558 e. The number of rotatable bonds is 3. The number of hydrogen-bond acceptors (Lipinski definition) is 3. The molecule has 3 unspecified atom stereocenters. The standard InChI is InChI=1S/C16H32N2O/c1-4-15(3)13(2)14(17)12-16(18(15)10-11-19)8-6-5-7-9-16/h13-14,19H,4-12,17H2,1-3H3. The molecule has 19 heavy (non-hydrogen) atoms. The first-order valence-electron chi connectivity index (χ1n) is 8.14. The summed E-state index contributed by atoms with van der Waals surface area (Å²) in [6.07, 6.45) is 8.77. The highest BCUT2D eigenvalue weighted by atomic mass is 16.3. The zero-order valence-corrected chi connectivity index (χ0v) is 13.0. The molecule has 2 fully saturated rings. The normalized spacial score (nSPS) is 39.6. The zero-order valence-electron chi connectivity index (χ0n) is 13.0. The highest BCUT2D eigenvalue weighted by Crippen LogP contribution is 2.49. The van der Waals surface area contributed by atoms with Crippen molar-refractivity contribution in [2.24, 2.45) is 11.7 Å². The van der Waals surface area contributed by atoms with Gasteiger partial charge in [-0.1, -0.05) is 33.1 Å². The summed E-state index contributed by atoms with van der Waals surface area (Å²) in [5.74, 6) is 0.497. The molecule has 1 spiro atoms. The molecule has 3 N–H and O–H groups in total. The van der Waals surface area contributed by atoms with Crippen molar-refractivity contribution in [3.8, 4) is 0 Å². The lowest BCUT2D eigenvalue weighted by atomic mass is 9.63. The van der Waals surface area contributed by atoms with E-state index >= 15 is 0 Å². The van der Waals surface area contributed by atoms with E-state index in [4.69, 9.17) is 5.73 Å². The number of β-amino-alcohol motifs (C(OH)–C–C–N with tert-alkyl or cyclic N) is 1. The van der Waals surface area contributed by atoms with Gasteiger partial charge in [0.2, 0.25) is 0 Å². The first-order valence-corrected chi connectivity index (χ1v) is 8.14. The third-order valence-electron chi connectivity index (χ3n) is 6.25. The summed E-state index contributed by atoms with van der Waals surface area (Å²) in [5, 5.41) is 9.54. The summed E-state index contributed by atoms with van der Waals surface area (Å²) in [6.45, 7) is 8.01. The molecule has 2 rings (SSSR count). The fourth-order valence-electron chi connectivity index (χ4n) is 4.76. The van der Waals surface area contributed by atoms with Gasteiger partial charge in [0.25, 0.3) is 0 Å². The number of piperidine rings is 1. The topological polar surface area (TPSA) is 49.5 Å². The molecule has 0 radical (unpaired) electrons. The molecule has 1 aliphatic heterocycles. The number of aliphatic hydroxyl groups is 1. The minimum Gasteiger partial charge on any atom is -0.395 e. The van der Waals surface area contributed by atoms with Gasteiger partial charge in [-0.15, -0.1) is 0 Å². The van der Waals surface area contributed by atoms with Gasteiger partial charge in [0, 0.05) is 23.7 Å². The second-order valence-electron chi connectivity index (χ2n) is 7.03. The summed E-state index contributed by atoms with van der Waals surface area (Å²) >= 11 is 0. The minimum atomic E-state index is 0.137. The lowest BCUT2D eigenvalue weighted by Crippen LogP contribution is -2.71. The summed E-state index contributed by atoms with van der Waals surface area (Å²) in [7, 11) is 0. The molecule has 0 aromatic carbocycles. The van der Waals surface area contributed by atoms with Crippen molar-refractivity contribution in [2.75, 3.05) is 13.2 Å². The van der Waals surface area contributed by atoms with Crippen LogP contribution in [-0.2, 0) is 0 Å². The van der Waals surface area contributed by atoms with Gasteiger partial charge in [-0.3, -0.25) is 4.90 Å². The Morgan fingerprint density at radius 2 is 1.89 bits per heavy atom. The van der Waals surface area contributed by atoms with Gasteiger partial charge in [-0.05, 0) is 38.5 Å². The Balaban J connectivity index is 2.35. The molecular formula is C16H32N2O. The second kappa shape index (κ2) is 5.71. The highest BCUT2D eigenvalue weighted by Gasteiger charge is 2.53. The molecule has 3 heteroatoms. The molecule has 0 aromatic heterocycles. The summed E-state index contributed by atoms with van der Waals surface area (Å²) in [4.78, 5) is 2.65. The number of hydrogen-bond donors (Lipinski definition) is 2. The lowest BCUT2D eigenvalue weighted by molar-refractivity contribution is -0.117. The van der Waals surface area contributed by atoms with Gasteiger partial charge in [0.05, 0.1) is 6.61 Å². The maximum Gasteiger partial charge on any atom is 0.0558 e. The molecule has 1 heterocycles. The van der Waals surface area contributed by atoms with Crippen LogP contribution in [0, 0.1) is 5.92 Å². The molecular weight excluding hydrogens is 236 g/mol. The van der Waals surface area contributed by atoms with Crippen LogP contribution in [0.1, 0.15) is 65.7 Å². The molecule has 0 aromatic rings. The van der Waals surface area contributed by atoms with Crippen LogP contribution in [0.5, 0.6) is 0 Å². The Hall–Kier alpha value is -0.120. The summed E-state index contributed by atoms with van der Waals surface area (Å²) in [5.41, 5.74) is 6.90. The number of aliphatic hydroxyl groups excluding tert-OH is 1. The molecule has 0 amide bonds. The molecule has 2 aliphatic rings. The van der Waals surface area contributed by atoms with Gasteiger partial charge in [0.15, 0.2) is 0 Å². The summed E-state index contributed by atoms with van der Waals surface area (Å²) in [6, 6.07) is 0.304. The van der Waals surface area contributed by atoms with Crippen LogP contribution >= 0.6 is 0 Å². The van der Waals surface area contributed by atoms with Crippen molar-refractivity contribution in [1.29, 1.82) is 0 Å². The Kier molecular flexibility index (Phi) is 4.59. The Morgan fingerprint density at radius 3 is 2.42 bits per heavy atom. The Bertz CT molecular complexity index is 301. The van der Waals surface area contributed by atoms with E-state index in [1.54, 1.807) is 0 Å². The van der Waals surface area contributed by atoms with Gasteiger partial charge in [-0.25, -0.2) is 0 Å². The van der Waals surface area contributed by atoms with Crippen molar-refractivity contribution >= 4 is 0 Å². The van der Waals surface area contributed by atoms with Crippen molar-refractivity contribution in [3.63, 3.8) is 0 Å². The Morgan fingerprint density at radius 1 is 1.26 bits per heavy atom. The molecule has 3 nitrogen and oxygen atoms in total. The van der Waals surface area contributed by atoms with Crippen LogP contribution in [0.25, 0.3) is 0 Å². The van der Waals surface area contributed by atoms with E-state index in [0.29, 0.717) is 12.0 Å². The number of nitrogens with two attached hydrogens (primary N) is 1. The maximum atomic E-state index is 9.54. The average molecular weight is 268 g/mol. The van der Waals surface area contributed by atoms with Crippen LogP contribution in [0.15, 0.2) is 0 Å². The molecule has 0 bridgehead atoms. The second-order valence-corrected chi connectivity index (χ2v) is 7.03. The first kappa shape index (κ1) is 15.3. The highest BCUT2D eigenvalue weighted by molar-refractivity contribution is 5.10. The third kappa shape index (κ3) is 2.45. The first-order chi connectivity index (χ1) is 9.00. The van der Waals surface area contributed by atoms with E-state index in [-0.39, 0.29) is 17.7 Å². The third-order valence-corrected chi connectivity index (χ3v) is 6.25. The van der Waals surface area contributed by atoms with E-state index in [1.807, 2.05) is 0 Å². The van der Waals surface area contributed by atoms with Crippen molar-refractivity contribution in [2.45, 2.75) is 82.8 Å². The van der Waals surface area contributed by atoms with Gasteiger partial charge in [0.1, 0.15) is 0 Å². The van der Waals surface area contributed by atoms with E-state index in [9.17, 15) is 5.11 Å². The lowest BCUT2D eigenvalue weighted by Gasteiger charge is -2.62. The number of nitrogens with zero attached hydrogens (tertiary/aromatic N) is 1. The fourth-order valence-corrected chi connectivity index (χ4v) is 4.76. The van der Waals surface area contributed by atoms with Gasteiger partial charge < -0.3 is 10.8 Å². The van der Waals surface area contributed by atoms with E-state index in [2.05, 4.69) is 25.7 Å². The van der Waals surface area contributed by atoms with E-state index < -0.39 is 0 Å². The summed E-state index contributed by atoms with van der Waals surface area (Å²) < 4.78 is 0. The van der Waals surface area contributed by atoms with Crippen molar-refractivity contribution in [1.82, 2.24) is 4.90 Å². The largest absolute Gasteiger partial charge is 0.395 e. The van der Waals surface area contributed by atoms with E-state index in [1.165, 1.54) is 32.1 Å². The van der Waals surface area contributed by atoms with Crippen LogP contribution in [0.4, 0.5) is 0 Å². The Labute approximate surface area is 118 Å². The predicted molar refractivity (Wildman–Crippen MR) is 80.1 cm³/mol. The fraction of sp³-hybridized carbons (Fsp3) is 1.00. The van der Waals surface area contributed by atoms with Crippen LogP contribution < -0.4 is 5.73 Å². The predicted octanol–water partition coefficient (Wildman–Crippen LogP) is 2.52. The quantitative estimate of drug-likeness (QED) is 0.827. The molecule has 1 saturated carbocycles.